The van der Waals surface area contributed by atoms with Gasteiger partial charge in [0.1, 0.15) is 0 Å². The average molecular weight is 127 g/mol. The molecule has 2 heterocycles. The zero-order valence-electron chi connectivity index (χ0n) is 5.58. The number of hydrogen-bond donors (Lipinski definition) is 1. The summed E-state index contributed by atoms with van der Waals surface area (Å²) < 4.78 is 0. The molecule has 2 nitrogen and oxygen atoms in total. The lowest BCUT2D eigenvalue weighted by atomic mass is 10.0. The van der Waals surface area contributed by atoms with E-state index < -0.39 is 0 Å². The zero-order valence-corrected chi connectivity index (χ0v) is 5.58. The van der Waals surface area contributed by atoms with Gasteiger partial charge < -0.3 is 5.11 Å². The predicted octanol–water partition coefficient (Wildman–Crippen LogP) is 0.0729. The number of aliphatic hydroxyl groups excluding tert-OH is 1. The second-order valence-corrected chi connectivity index (χ2v) is 3.12. The van der Waals surface area contributed by atoms with Crippen LogP contribution in [-0.2, 0) is 0 Å². The fourth-order valence-corrected chi connectivity index (χ4v) is 2.20. The van der Waals surface area contributed by atoms with Crippen molar-refractivity contribution in [2.24, 2.45) is 5.92 Å². The summed E-state index contributed by atoms with van der Waals surface area (Å²) in [5.41, 5.74) is 0. The van der Waals surface area contributed by atoms with Crippen LogP contribution in [0.25, 0.3) is 0 Å². The maximum Gasteiger partial charge on any atom is 0.0589 e. The Morgan fingerprint density at radius 3 is 2.22 bits per heavy atom. The Kier molecular flexibility index (Phi) is 1.24. The van der Waals surface area contributed by atoms with E-state index in [1.807, 2.05) is 0 Å². The molecule has 1 N–H and O–H groups in total. The van der Waals surface area contributed by atoms with Gasteiger partial charge in [-0.25, -0.2) is 0 Å². The molecule has 0 radical (unpaired) electrons. The molecule has 0 saturated carbocycles. The van der Waals surface area contributed by atoms with Gasteiger partial charge in [-0.15, -0.1) is 0 Å². The summed E-state index contributed by atoms with van der Waals surface area (Å²) in [7, 11) is 0. The molecule has 2 heteroatoms. The lowest BCUT2D eigenvalue weighted by Crippen LogP contribution is -2.28. The number of aliphatic hydroxyl groups is 1. The minimum absolute atomic E-state index is 0.380. The second-order valence-electron chi connectivity index (χ2n) is 3.12. The molecule has 1 unspecified atom stereocenters. The lowest BCUT2D eigenvalue weighted by molar-refractivity contribution is 0.180. The summed E-state index contributed by atoms with van der Waals surface area (Å²) in [5, 5.41) is 8.91. The first-order valence-corrected chi connectivity index (χ1v) is 3.76. The maximum absolute atomic E-state index is 8.91. The van der Waals surface area contributed by atoms with Crippen molar-refractivity contribution in [3.63, 3.8) is 0 Å². The number of nitrogens with zero attached hydrogens (tertiary/aromatic N) is 1. The molecule has 2 saturated heterocycles. The Morgan fingerprint density at radius 1 is 1.33 bits per heavy atom. The first kappa shape index (κ1) is 5.69. The fourth-order valence-electron chi connectivity index (χ4n) is 2.20. The minimum atomic E-state index is 0.380. The van der Waals surface area contributed by atoms with Crippen molar-refractivity contribution in [2.45, 2.75) is 18.9 Å². The van der Waals surface area contributed by atoms with Crippen LogP contribution in [0.4, 0.5) is 0 Å². The Morgan fingerprint density at radius 2 is 2.00 bits per heavy atom. The van der Waals surface area contributed by atoms with Crippen molar-refractivity contribution in [3.05, 3.63) is 0 Å². The van der Waals surface area contributed by atoms with E-state index in [2.05, 4.69) is 4.90 Å². The number of hydrogen-bond acceptors (Lipinski definition) is 2. The largest absolute Gasteiger partial charge is 0.395 e. The molecular weight excluding hydrogens is 114 g/mol. The molecule has 0 aliphatic carbocycles. The highest BCUT2D eigenvalue weighted by Gasteiger charge is 2.38. The maximum atomic E-state index is 8.91. The summed E-state index contributed by atoms with van der Waals surface area (Å²) in [6, 6.07) is 0.532. The Hall–Kier alpha value is -0.0800. The van der Waals surface area contributed by atoms with Crippen LogP contribution in [0.2, 0.25) is 0 Å². The zero-order chi connectivity index (χ0) is 6.27. The molecule has 2 bridgehead atoms. The van der Waals surface area contributed by atoms with E-state index in [1.54, 1.807) is 0 Å². The molecular formula is C7H13NO. The van der Waals surface area contributed by atoms with E-state index in [9.17, 15) is 0 Å². The van der Waals surface area contributed by atoms with Gasteiger partial charge in [0.15, 0.2) is 0 Å². The molecule has 0 amide bonds. The van der Waals surface area contributed by atoms with Crippen LogP contribution in [0.1, 0.15) is 12.8 Å². The van der Waals surface area contributed by atoms with Crippen LogP contribution in [0.15, 0.2) is 0 Å². The first-order chi connectivity index (χ1) is 4.42. The molecule has 2 fully saturated rings. The molecule has 0 aromatic rings. The van der Waals surface area contributed by atoms with Gasteiger partial charge in [0.25, 0.3) is 0 Å². The average Bonchev–Trinajstić information content (AvgIpc) is 2.44. The van der Waals surface area contributed by atoms with E-state index in [0.29, 0.717) is 12.6 Å². The van der Waals surface area contributed by atoms with Crippen LogP contribution in [0, 0.1) is 5.92 Å². The molecule has 2 aliphatic rings. The van der Waals surface area contributed by atoms with Gasteiger partial charge in [-0.3, -0.25) is 4.90 Å². The highest BCUT2D eigenvalue weighted by Crippen LogP contribution is 2.33. The van der Waals surface area contributed by atoms with Crippen LogP contribution in [0.3, 0.4) is 0 Å². The van der Waals surface area contributed by atoms with Crippen LogP contribution in [0.5, 0.6) is 0 Å². The minimum Gasteiger partial charge on any atom is -0.395 e. The van der Waals surface area contributed by atoms with Crippen molar-refractivity contribution < 1.29 is 5.11 Å². The quantitative estimate of drug-likeness (QED) is 0.539. The number of fused-ring (bicyclic) bond motifs is 2. The Bertz CT molecular complexity index is 95.5. The summed E-state index contributed by atoms with van der Waals surface area (Å²) in [6.45, 7) is 2.84. The normalized spacial score (nSPS) is 48.3. The van der Waals surface area contributed by atoms with E-state index >= 15 is 0 Å². The van der Waals surface area contributed by atoms with Gasteiger partial charge in [-0.1, -0.05) is 0 Å². The number of rotatable bonds is 1. The van der Waals surface area contributed by atoms with Crippen LogP contribution >= 0.6 is 0 Å². The monoisotopic (exact) mass is 127 g/mol. The molecule has 9 heavy (non-hydrogen) atoms. The lowest BCUT2D eigenvalue weighted by Gasteiger charge is -2.15. The van der Waals surface area contributed by atoms with Crippen molar-refractivity contribution in [2.75, 3.05) is 19.7 Å². The standard InChI is InChI=1S/C7H13NO/c9-5-7-6-1-3-8(7)4-2-6/h6-7,9H,1-5H2. The highest BCUT2D eigenvalue weighted by atomic mass is 16.3. The molecule has 0 aromatic heterocycles. The third-order valence-corrected chi connectivity index (χ3v) is 2.77. The van der Waals surface area contributed by atoms with Crippen LogP contribution in [-0.4, -0.2) is 35.7 Å². The topological polar surface area (TPSA) is 23.5 Å². The smallest absolute Gasteiger partial charge is 0.0589 e. The molecule has 2 rings (SSSR count). The highest BCUT2D eigenvalue weighted by molar-refractivity contribution is 4.92. The van der Waals surface area contributed by atoms with Gasteiger partial charge >= 0.3 is 0 Å². The van der Waals surface area contributed by atoms with Gasteiger partial charge in [0.05, 0.1) is 6.61 Å². The van der Waals surface area contributed by atoms with Crippen molar-refractivity contribution in [1.29, 1.82) is 0 Å². The van der Waals surface area contributed by atoms with Crippen LogP contribution < -0.4 is 0 Å². The van der Waals surface area contributed by atoms with Crippen molar-refractivity contribution >= 4 is 0 Å². The van der Waals surface area contributed by atoms with Gasteiger partial charge in [-0.05, 0) is 31.8 Å². The molecule has 1 atom stereocenters. The Balaban J connectivity index is 2.08. The molecule has 0 aromatic carbocycles. The summed E-state index contributed by atoms with van der Waals surface area (Å²) >= 11 is 0. The van der Waals surface area contributed by atoms with Gasteiger partial charge in [0, 0.05) is 6.04 Å². The van der Waals surface area contributed by atoms with Gasteiger partial charge in [0.2, 0.25) is 0 Å². The third-order valence-electron chi connectivity index (χ3n) is 2.77. The summed E-state index contributed by atoms with van der Waals surface area (Å²) in [5.74, 6) is 0.829. The molecule has 52 valence electrons. The fraction of sp³-hybridized carbons (Fsp3) is 1.00. The summed E-state index contributed by atoms with van der Waals surface area (Å²) in [6.07, 6.45) is 2.65. The van der Waals surface area contributed by atoms with E-state index in [-0.39, 0.29) is 0 Å². The number of piperidine rings is 1. The first-order valence-electron chi connectivity index (χ1n) is 3.76. The van der Waals surface area contributed by atoms with E-state index in [1.165, 1.54) is 25.9 Å². The second kappa shape index (κ2) is 1.96. The van der Waals surface area contributed by atoms with E-state index in [4.69, 9.17) is 5.11 Å². The van der Waals surface area contributed by atoms with Crippen molar-refractivity contribution in [3.8, 4) is 0 Å². The Labute approximate surface area is 55.5 Å². The van der Waals surface area contributed by atoms with Crippen molar-refractivity contribution in [1.82, 2.24) is 4.90 Å². The van der Waals surface area contributed by atoms with E-state index in [0.717, 1.165) is 5.92 Å². The molecule has 2 aliphatic heterocycles. The third kappa shape index (κ3) is 0.700. The predicted molar refractivity (Wildman–Crippen MR) is 35.2 cm³/mol. The SMILES string of the molecule is OCC1C2CCN1CC2. The summed E-state index contributed by atoms with van der Waals surface area (Å²) in [4.78, 5) is 2.41. The van der Waals surface area contributed by atoms with Gasteiger partial charge in [-0.2, -0.15) is 0 Å². The molecule has 0 spiro atoms.